The van der Waals surface area contributed by atoms with Crippen molar-refractivity contribution in [1.82, 2.24) is 4.57 Å². The fraction of sp³-hybridized carbons (Fsp3) is 0.174. The van der Waals surface area contributed by atoms with Crippen LogP contribution >= 0.6 is 11.8 Å². The third-order valence-electron chi connectivity index (χ3n) is 4.74. The lowest BCUT2D eigenvalue weighted by molar-refractivity contribution is 0.0919. The highest BCUT2D eigenvalue weighted by Gasteiger charge is 2.23. The van der Waals surface area contributed by atoms with Gasteiger partial charge in [0.1, 0.15) is 0 Å². The first-order valence-corrected chi connectivity index (χ1v) is 10.0. The van der Waals surface area contributed by atoms with Crippen molar-refractivity contribution in [3.8, 4) is 0 Å². The molecular formula is C23H21NOS. The Balaban J connectivity index is 1.72. The molecule has 2 nitrogen and oxygen atoms in total. The number of fused-ring (bicyclic) bond motifs is 3. The molecule has 0 aliphatic rings. The predicted molar refractivity (Wildman–Crippen MR) is 112 cm³/mol. The van der Waals surface area contributed by atoms with E-state index in [2.05, 4.69) is 31.2 Å². The van der Waals surface area contributed by atoms with E-state index in [-0.39, 0.29) is 11.2 Å². The number of rotatable bonds is 5. The van der Waals surface area contributed by atoms with Crippen LogP contribution in [0.2, 0.25) is 0 Å². The van der Waals surface area contributed by atoms with Gasteiger partial charge in [-0.1, -0.05) is 73.7 Å². The summed E-state index contributed by atoms with van der Waals surface area (Å²) in [6, 6.07) is 26.7. The summed E-state index contributed by atoms with van der Waals surface area (Å²) in [5, 5.41) is 2.22. The highest BCUT2D eigenvalue weighted by atomic mass is 32.2. The fourth-order valence-electron chi connectivity index (χ4n) is 3.44. The second-order valence-electron chi connectivity index (χ2n) is 6.40. The quantitative estimate of drug-likeness (QED) is 0.426. The maximum Gasteiger partial charge on any atom is 0.244 e. The Morgan fingerprint density at radius 2 is 1.38 bits per heavy atom. The van der Waals surface area contributed by atoms with Gasteiger partial charge in [-0.3, -0.25) is 9.36 Å². The number of benzene rings is 3. The first-order chi connectivity index (χ1) is 12.8. The average molecular weight is 359 g/mol. The van der Waals surface area contributed by atoms with Gasteiger partial charge in [-0.2, -0.15) is 0 Å². The van der Waals surface area contributed by atoms with Gasteiger partial charge < -0.3 is 0 Å². The molecule has 3 heteroatoms. The van der Waals surface area contributed by atoms with E-state index in [0.29, 0.717) is 0 Å². The van der Waals surface area contributed by atoms with Gasteiger partial charge >= 0.3 is 0 Å². The van der Waals surface area contributed by atoms with Crippen LogP contribution in [0.15, 0.2) is 78.9 Å². The number of thioether (sulfide) groups is 1. The van der Waals surface area contributed by atoms with Gasteiger partial charge in [0.2, 0.25) is 5.91 Å². The topological polar surface area (TPSA) is 22.0 Å². The van der Waals surface area contributed by atoms with E-state index in [1.54, 1.807) is 11.8 Å². The fourth-order valence-corrected chi connectivity index (χ4v) is 4.51. The largest absolute Gasteiger partial charge is 0.279 e. The lowest BCUT2D eigenvalue weighted by atomic mass is 10.2. The molecule has 0 bridgehead atoms. The van der Waals surface area contributed by atoms with Gasteiger partial charge in [-0.05, 0) is 24.1 Å². The highest BCUT2D eigenvalue weighted by Crippen LogP contribution is 2.31. The second kappa shape index (κ2) is 7.38. The monoisotopic (exact) mass is 359 g/mol. The van der Waals surface area contributed by atoms with E-state index >= 15 is 0 Å². The normalized spacial score (nSPS) is 12.5. The van der Waals surface area contributed by atoms with E-state index in [4.69, 9.17) is 0 Å². The first kappa shape index (κ1) is 16.9. The summed E-state index contributed by atoms with van der Waals surface area (Å²) in [4.78, 5) is 13.4. The van der Waals surface area contributed by atoms with Crippen LogP contribution < -0.4 is 0 Å². The average Bonchev–Trinajstić information content (AvgIpc) is 3.03. The van der Waals surface area contributed by atoms with Crippen molar-refractivity contribution in [2.45, 2.75) is 24.3 Å². The number of nitrogens with zero attached hydrogens (tertiary/aromatic N) is 1. The van der Waals surface area contributed by atoms with Crippen LogP contribution in [0.1, 0.15) is 23.7 Å². The molecule has 0 aliphatic carbocycles. The van der Waals surface area contributed by atoms with Crippen molar-refractivity contribution in [2.24, 2.45) is 0 Å². The van der Waals surface area contributed by atoms with Crippen molar-refractivity contribution >= 4 is 39.5 Å². The molecule has 130 valence electrons. The van der Waals surface area contributed by atoms with Gasteiger partial charge in [0.05, 0.1) is 16.3 Å². The number of hydrogen-bond donors (Lipinski definition) is 0. The standard InChI is InChI=1S/C23H21NOS/c1-2-22(26-16-17-10-4-3-5-11-17)23(25)24-20-14-8-6-12-18(20)19-13-7-9-15-21(19)24/h3-15,22H,2,16H2,1H3. The van der Waals surface area contributed by atoms with Crippen molar-refractivity contribution in [3.05, 3.63) is 84.4 Å². The summed E-state index contributed by atoms with van der Waals surface area (Å²) in [6.45, 7) is 2.09. The molecule has 0 spiro atoms. The Morgan fingerprint density at radius 3 is 1.96 bits per heavy atom. The van der Waals surface area contributed by atoms with Gasteiger partial charge in [0.25, 0.3) is 0 Å². The molecular weight excluding hydrogens is 338 g/mol. The zero-order chi connectivity index (χ0) is 17.9. The number of hydrogen-bond acceptors (Lipinski definition) is 2. The van der Waals surface area contributed by atoms with Gasteiger partial charge in [-0.25, -0.2) is 0 Å². The van der Waals surface area contributed by atoms with E-state index in [1.807, 2.05) is 59.2 Å². The molecule has 3 aromatic carbocycles. The minimum absolute atomic E-state index is 0.0607. The van der Waals surface area contributed by atoms with E-state index in [1.165, 1.54) is 5.56 Å². The van der Waals surface area contributed by atoms with Gasteiger partial charge in [0, 0.05) is 16.5 Å². The zero-order valence-electron chi connectivity index (χ0n) is 14.8. The molecule has 0 radical (unpaired) electrons. The van der Waals surface area contributed by atoms with E-state index in [9.17, 15) is 4.79 Å². The lowest BCUT2D eigenvalue weighted by Gasteiger charge is -2.16. The third kappa shape index (κ3) is 3.04. The third-order valence-corrected chi connectivity index (χ3v) is 6.18. The molecule has 4 rings (SSSR count). The molecule has 0 aliphatic heterocycles. The van der Waals surface area contributed by atoms with E-state index < -0.39 is 0 Å². The number of carbonyl (C=O) groups excluding carboxylic acids is 1. The SMILES string of the molecule is CCC(SCc1ccccc1)C(=O)n1c2ccccc2c2ccccc21. The molecule has 1 atom stereocenters. The van der Waals surface area contributed by atoms with Crippen LogP contribution in [0.5, 0.6) is 0 Å². The molecule has 0 saturated carbocycles. The van der Waals surface area contributed by atoms with Crippen LogP contribution in [0.3, 0.4) is 0 Å². The summed E-state index contributed by atoms with van der Waals surface area (Å²) in [5.41, 5.74) is 3.25. The van der Waals surface area contributed by atoms with Crippen LogP contribution in [0.25, 0.3) is 21.8 Å². The Labute approximate surface area is 157 Å². The summed E-state index contributed by atoms with van der Waals surface area (Å²) in [6.07, 6.45) is 0.817. The summed E-state index contributed by atoms with van der Waals surface area (Å²) >= 11 is 1.73. The molecule has 1 unspecified atom stereocenters. The Kier molecular flexibility index (Phi) is 4.81. The van der Waals surface area contributed by atoms with E-state index in [0.717, 1.165) is 34.0 Å². The lowest BCUT2D eigenvalue weighted by Crippen LogP contribution is -2.23. The first-order valence-electron chi connectivity index (χ1n) is 8.97. The molecule has 1 heterocycles. The van der Waals surface area contributed by atoms with Gasteiger partial charge in [0.15, 0.2) is 0 Å². The minimum atomic E-state index is -0.0607. The molecule has 26 heavy (non-hydrogen) atoms. The minimum Gasteiger partial charge on any atom is -0.279 e. The summed E-state index contributed by atoms with van der Waals surface area (Å²) in [7, 11) is 0. The van der Waals surface area contributed by atoms with Crippen LogP contribution in [-0.4, -0.2) is 15.7 Å². The van der Waals surface area contributed by atoms with Crippen molar-refractivity contribution in [1.29, 1.82) is 0 Å². The zero-order valence-corrected chi connectivity index (χ0v) is 15.6. The number of aromatic nitrogens is 1. The molecule has 0 saturated heterocycles. The maximum atomic E-state index is 13.4. The second-order valence-corrected chi connectivity index (χ2v) is 7.59. The number of carbonyl (C=O) groups is 1. The number of para-hydroxylation sites is 2. The molecule has 4 aromatic rings. The van der Waals surface area contributed by atoms with Crippen molar-refractivity contribution in [3.63, 3.8) is 0 Å². The Hall–Kier alpha value is -2.52. The summed E-state index contributed by atoms with van der Waals surface area (Å²) < 4.78 is 1.91. The molecule has 0 amide bonds. The molecule has 1 aromatic heterocycles. The van der Waals surface area contributed by atoms with Crippen LogP contribution in [-0.2, 0) is 5.75 Å². The van der Waals surface area contributed by atoms with Crippen LogP contribution in [0.4, 0.5) is 0 Å². The van der Waals surface area contributed by atoms with Crippen LogP contribution in [0, 0.1) is 0 Å². The summed E-state index contributed by atoms with van der Waals surface area (Å²) in [5.74, 6) is 1.02. The van der Waals surface area contributed by atoms with Gasteiger partial charge in [-0.15, -0.1) is 11.8 Å². The van der Waals surface area contributed by atoms with Crippen molar-refractivity contribution < 1.29 is 4.79 Å². The smallest absolute Gasteiger partial charge is 0.244 e. The molecule has 0 N–H and O–H groups in total. The maximum absolute atomic E-state index is 13.4. The van der Waals surface area contributed by atoms with Crippen molar-refractivity contribution in [2.75, 3.05) is 0 Å². The molecule has 0 fully saturated rings. The Morgan fingerprint density at radius 1 is 0.846 bits per heavy atom. The Bertz CT molecular complexity index is 998. The highest BCUT2D eigenvalue weighted by molar-refractivity contribution is 7.99. The predicted octanol–water partition coefficient (Wildman–Crippen LogP) is 6.15.